The Morgan fingerprint density at radius 2 is 1.83 bits per heavy atom. The molecular weight excluding hydrogens is 322 g/mol. The SMILES string of the molecule is CC(C)C(CNc1nc(Cl)nc2ccccc12)N1CCN(C)CC1. The number of halogens is 1. The van der Waals surface area contributed by atoms with E-state index in [0.717, 1.165) is 49.4 Å². The molecule has 0 spiro atoms. The van der Waals surface area contributed by atoms with Gasteiger partial charge >= 0.3 is 0 Å². The Morgan fingerprint density at radius 3 is 2.54 bits per heavy atom. The van der Waals surface area contributed by atoms with Crippen LogP contribution in [0.5, 0.6) is 0 Å². The van der Waals surface area contributed by atoms with E-state index in [1.165, 1.54) is 0 Å². The first-order valence-corrected chi connectivity index (χ1v) is 9.01. The second-order valence-electron chi connectivity index (χ2n) is 6.89. The molecule has 0 radical (unpaired) electrons. The Balaban J connectivity index is 1.75. The molecule has 24 heavy (non-hydrogen) atoms. The van der Waals surface area contributed by atoms with Crippen molar-refractivity contribution in [2.24, 2.45) is 5.92 Å². The van der Waals surface area contributed by atoms with Crippen LogP contribution < -0.4 is 5.32 Å². The van der Waals surface area contributed by atoms with Gasteiger partial charge in [0.15, 0.2) is 0 Å². The van der Waals surface area contributed by atoms with E-state index >= 15 is 0 Å². The van der Waals surface area contributed by atoms with Gasteiger partial charge in [-0.3, -0.25) is 4.90 Å². The summed E-state index contributed by atoms with van der Waals surface area (Å²) < 4.78 is 0. The first kappa shape index (κ1) is 17.4. The lowest BCUT2D eigenvalue weighted by Crippen LogP contribution is -2.52. The summed E-state index contributed by atoms with van der Waals surface area (Å²) in [5.74, 6) is 1.40. The Labute approximate surface area is 149 Å². The molecule has 1 fully saturated rings. The minimum absolute atomic E-state index is 0.289. The van der Waals surface area contributed by atoms with Crippen molar-refractivity contribution in [3.63, 3.8) is 0 Å². The number of para-hydroxylation sites is 1. The summed E-state index contributed by atoms with van der Waals surface area (Å²) in [6.45, 7) is 9.93. The number of hydrogen-bond acceptors (Lipinski definition) is 5. The quantitative estimate of drug-likeness (QED) is 0.842. The lowest BCUT2D eigenvalue weighted by atomic mass is 10.0. The minimum atomic E-state index is 0.289. The molecule has 1 N–H and O–H groups in total. The average molecular weight is 348 g/mol. The Morgan fingerprint density at radius 1 is 1.12 bits per heavy atom. The molecule has 1 unspecified atom stereocenters. The number of nitrogens with zero attached hydrogens (tertiary/aromatic N) is 4. The summed E-state index contributed by atoms with van der Waals surface area (Å²) in [7, 11) is 2.19. The van der Waals surface area contributed by atoms with Crippen LogP contribution in [0.3, 0.4) is 0 Å². The Kier molecular flexibility index (Phi) is 5.54. The molecule has 1 atom stereocenters. The molecule has 1 aliphatic rings. The van der Waals surface area contributed by atoms with Crippen LogP contribution in [0.25, 0.3) is 10.9 Å². The third-order valence-corrected chi connectivity index (χ3v) is 5.00. The van der Waals surface area contributed by atoms with Crippen molar-refractivity contribution in [3.8, 4) is 0 Å². The highest BCUT2D eigenvalue weighted by Crippen LogP contribution is 2.23. The van der Waals surface area contributed by atoms with E-state index < -0.39 is 0 Å². The first-order chi connectivity index (χ1) is 11.5. The van der Waals surface area contributed by atoms with Gasteiger partial charge in [0, 0.05) is 44.2 Å². The largest absolute Gasteiger partial charge is 0.368 e. The number of likely N-dealkylation sites (N-methyl/N-ethyl adjacent to an activating group) is 1. The molecule has 6 heteroatoms. The number of nitrogens with one attached hydrogen (secondary N) is 1. The second kappa shape index (κ2) is 7.64. The fourth-order valence-corrected chi connectivity index (χ4v) is 3.50. The molecule has 1 aliphatic heterocycles. The number of aromatic nitrogens is 2. The van der Waals surface area contributed by atoms with E-state index in [0.29, 0.717) is 12.0 Å². The van der Waals surface area contributed by atoms with Crippen LogP contribution in [0.1, 0.15) is 13.8 Å². The van der Waals surface area contributed by atoms with Gasteiger partial charge in [0.1, 0.15) is 5.82 Å². The number of benzene rings is 1. The van der Waals surface area contributed by atoms with Gasteiger partial charge < -0.3 is 10.2 Å². The van der Waals surface area contributed by atoms with E-state index in [-0.39, 0.29) is 5.28 Å². The van der Waals surface area contributed by atoms with Gasteiger partial charge in [-0.05, 0) is 36.7 Å². The zero-order valence-electron chi connectivity index (χ0n) is 14.7. The van der Waals surface area contributed by atoms with Crippen molar-refractivity contribution in [1.82, 2.24) is 19.8 Å². The van der Waals surface area contributed by atoms with Crippen LogP contribution in [0.2, 0.25) is 5.28 Å². The first-order valence-electron chi connectivity index (χ1n) is 8.63. The molecule has 0 bridgehead atoms. The Bertz CT molecular complexity index is 682. The maximum Gasteiger partial charge on any atom is 0.224 e. The van der Waals surface area contributed by atoms with E-state index in [2.05, 4.69) is 46.0 Å². The number of rotatable bonds is 5. The minimum Gasteiger partial charge on any atom is -0.368 e. The van der Waals surface area contributed by atoms with Crippen molar-refractivity contribution in [2.45, 2.75) is 19.9 Å². The highest BCUT2D eigenvalue weighted by Gasteiger charge is 2.25. The van der Waals surface area contributed by atoms with Crippen LogP contribution in [-0.4, -0.2) is 65.6 Å². The predicted octanol–water partition coefficient (Wildman–Crippen LogP) is 2.97. The molecule has 5 nitrogen and oxygen atoms in total. The molecule has 2 aromatic rings. The van der Waals surface area contributed by atoms with Crippen molar-refractivity contribution in [2.75, 3.05) is 45.1 Å². The maximum atomic E-state index is 6.09. The van der Waals surface area contributed by atoms with Crippen LogP contribution in [-0.2, 0) is 0 Å². The summed E-state index contributed by atoms with van der Waals surface area (Å²) >= 11 is 6.09. The van der Waals surface area contributed by atoms with E-state index in [4.69, 9.17) is 11.6 Å². The van der Waals surface area contributed by atoms with Gasteiger partial charge in [0.05, 0.1) is 5.52 Å². The van der Waals surface area contributed by atoms with Crippen molar-refractivity contribution in [1.29, 1.82) is 0 Å². The molecule has 0 aliphatic carbocycles. The van der Waals surface area contributed by atoms with Gasteiger partial charge in [-0.15, -0.1) is 0 Å². The van der Waals surface area contributed by atoms with Crippen molar-refractivity contribution in [3.05, 3.63) is 29.5 Å². The van der Waals surface area contributed by atoms with Gasteiger partial charge in [-0.25, -0.2) is 9.97 Å². The topological polar surface area (TPSA) is 44.3 Å². The van der Waals surface area contributed by atoms with Gasteiger partial charge in [-0.2, -0.15) is 0 Å². The van der Waals surface area contributed by atoms with Crippen LogP contribution in [0, 0.1) is 5.92 Å². The normalized spacial score (nSPS) is 18.2. The van der Waals surface area contributed by atoms with Crippen LogP contribution in [0.15, 0.2) is 24.3 Å². The van der Waals surface area contributed by atoms with E-state index in [1.54, 1.807) is 0 Å². The molecule has 2 heterocycles. The second-order valence-corrected chi connectivity index (χ2v) is 7.23. The summed E-state index contributed by atoms with van der Waals surface area (Å²) in [6, 6.07) is 8.45. The van der Waals surface area contributed by atoms with Crippen LogP contribution in [0.4, 0.5) is 5.82 Å². The monoisotopic (exact) mass is 347 g/mol. The smallest absolute Gasteiger partial charge is 0.224 e. The molecule has 0 saturated carbocycles. The fraction of sp³-hybridized carbons (Fsp3) is 0.556. The zero-order chi connectivity index (χ0) is 17.1. The summed E-state index contributed by atoms with van der Waals surface area (Å²) in [5.41, 5.74) is 0.876. The number of fused-ring (bicyclic) bond motifs is 1. The van der Waals surface area contributed by atoms with Gasteiger partial charge in [-0.1, -0.05) is 26.0 Å². The van der Waals surface area contributed by atoms with Crippen molar-refractivity contribution < 1.29 is 0 Å². The number of piperazine rings is 1. The molecule has 0 amide bonds. The molecule has 1 saturated heterocycles. The van der Waals surface area contributed by atoms with Crippen molar-refractivity contribution >= 4 is 28.3 Å². The standard InChI is InChI=1S/C18H26ClN5/c1-13(2)16(24-10-8-23(3)9-11-24)12-20-17-14-6-4-5-7-15(14)21-18(19)22-17/h4-7,13,16H,8-12H2,1-3H3,(H,20,21,22). The van der Waals surface area contributed by atoms with Gasteiger partial charge in [0.2, 0.25) is 5.28 Å². The average Bonchev–Trinajstić information content (AvgIpc) is 2.56. The highest BCUT2D eigenvalue weighted by molar-refractivity contribution is 6.28. The molecular formula is C18H26ClN5. The number of hydrogen-bond donors (Lipinski definition) is 1. The van der Waals surface area contributed by atoms with Crippen LogP contribution >= 0.6 is 11.6 Å². The summed E-state index contributed by atoms with van der Waals surface area (Å²) in [6.07, 6.45) is 0. The third-order valence-electron chi connectivity index (χ3n) is 4.83. The lowest BCUT2D eigenvalue weighted by molar-refractivity contribution is 0.0944. The maximum absolute atomic E-state index is 6.09. The molecule has 1 aromatic heterocycles. The molecule has 130 valence electrons. The molecule has 3 rings (SSSR count). The zero-order valence-corrected chi connectivity index (χ0v) is 15.4. The van der Waals surface area contributed by atoms with E-state index in [9.17, 15) is 0 Å². The fourth-order valence-electron chi connectivity index (χ4n) is 3.32. The lowest BCUT2D eigenvalue weighted by Gasteiger charge is -2.40. The number of anilines is 1. The highest BCUT2D eigenvalue weighted by atomic mass is 35.5. The van der Waals surface area contributed by atoms with E-state index in [1.807, 2.05) is 24.3 Å². The third kappa shape index (κ3) is 3.97. The molecule has 1 aromatic carbocycles. The predicted molar refractivity (Wildman–Crippen MR) is 101 cm³/mol. The van der Waals surface area contributed by atoms with Gasteiger partial charge in [0.25, 0.3) is 0 Å². The summed E-state index contributed by atoms with van der Waals surface area (Å²) in [4.78, 5) is 13.7. The Hall–Kier alpha value is -1.43. The summed E-state index contributed by atoms with van der Waals surface area (Å²) in [5, 5.41) is 4.83.